The molecule has 5 heteroatoms. The molecule has 3 aromatic rings. The lowest BCUT2D eigenvalue weighted by molar-refractivity contribution is -0.119. The van der Waals surface area contributed by atoms with Crippen molar-refractivity contribution >= 4 is 23.3 Å². The first-order chi connectivity index (χ1) is 14.0. The maximum Gasteiger partial charge on any atom is 0.338 e. The second-order valence-electron chi connectivity index (χ2n) is 6.58. The Morgan fingerprint density at radius 2 is 1.59 bits per heavy atom. The van der Waals surface area contributed by atoms with Crippen LogP contribution in [-0.4, -0.2) is 24.3 Å². The number of amides is 1. The third-order valence-corrected chi connectivity index (χ3v) is 4.36. The number of carbonyl (C=O) groups is 3. The molecule has 0 saturated carbocycles. The number of anilines is 1. The van der Waals surface area contributed by atoms with Gasteiger partial charge >= 0.3 is 5.97 Å². The molecule has 29 heavy (non-hydrogen) atoms. The first-order valence-corrected chi connectivity index (χ1v) is 9.23. The van der Waals surface area contributed by atoms with E-state index in [1.807, 2.05) is 42.5 Å². The summed E-state index contributed by atoms with van der Waals surface area (Å²) in [7, 11) is 0. The number of rotatable bonds is 7. The number of ether oxygens (including phenoxy) is 1. The molecule has 0 atom stereocenters. The quantitative estimate of drug-likeness (QED) is 0.485. The Kier molecular flexibility index (Phi) is 6.53. The Morgan fingerprint density at radius 1 is 0.862 bits per heavy atom. The summed E-state index contributed by atoms with van der Waals surface area (Å²) < 4.78 is 5.20. The summed E-state index contributed by atoms with van der Waals surface area (Å²) in [6, 6.07) is 23.6. The lowest BCUT2D eigenvalue weighted by Gasteiger charge is -2.10. The number of hydrogen-bond acceptors (Lipinski definition) is 4. The number of benzene rings is 3. The average molecular weight is 387 g/mol. The van der Waals surface area contributed by atoms with Gasteiger partial charge in [0.05, 0.1) is 5.56 Å². The standard InChI is InChI=1S/C24H21NO4/c1-17(26)19-11-7-12-21(15-19)25-23(27)16-29-24(28)22-13-6-5-10-20(22)14-18-8-3-2-4-9-18/h2-13,15H,14,16H2,1H3,(H,25,27). The fourth-order valence-electron chi connectivity index (χ4n) is 2.91. The van der Waals surface area contributed by atoms with Crippen molar-refractivity contribution in [2.75, 3.05) is 11.9 Å². The molecular formula is C24H21NO4. The second kappa shape index (κ2) is 9.46. The van der Waals surface area contributed by atoms with Crippen LogP contribution < -0.4 is 5.32 Å². The van der Waals surface area contributed by atoms with E-state index >= 15 is 0 Å². The van der Waals surface area contributed by atoms with Gasteiger partial charge in [0.15, 0.2) is 12.4 Å². The van der Waals surface area contributed by atoms with Gasteiger partial charge in [0.1, 0.15) is 0 Å². The highest BCUT2D eigenvalue weighted by molar-refractivity contribution is 5.98. The van der Waals surface area contributed by atoms with Gasteiger partial charge in [-0.2, -0.15) is 0 Å². The Balaban J connectivity index is 1.61. The zero-order valence-electron chi connectivity index (χ0n) is 16.1. The summed E-state index contributed by atoms with van der Waals surface area (Å²) in [6.45, 7) is 1.04. The SMILES string of the molecule is CC(=O)c1cccc(NC(=O)COC(=O)c2ccccc2Cc2ccccc2)c1. The smallest absolute Gasteiger partial charge is 0.338 e. The monoisotopic (exact) mass is 387 g/mol. The van der Waals surface area contributed by atoms with E-state index in [0.29, 0.717) is 23.2 Å². The van der Waals surface area contributed by atoms with E-state index in [0.717, 1.165) is 11.1 Å². The number of hydrogen-bond donors (Lipinski definition) is 1. The lowest BCUT2D eigenvalue weighted by Crippen LogP contribution is -2.21. The van der Waals surface area contributed by atoms with Crippen LogP contribution in [-0.2, 0) is 16.0 Å². The molecule has 0 spiro atoms. The van der Waals surface area contributed by atoms with Gasteiger partial charge in [-0.05, 0) is 42.7 Å². The molecule has 3 aromatic carbocycles. The van der Waals surface area contributed by atoms with E-state index in [1.165, 1.54) is 6.92 Å². The summed E-state index contributed by atoms with van der Waals surface area (Å²) in [5.74, 6) is -1.12. The fourth-order valence-corrected chi connectivity index (χ4v) is 2.91. The van der Waals surface area contributed by atoms with Crippen LogP contribution in [0.5, 0.6) is 0 Å². The van der Waals surface area contributed by atoms with E-state index in [1.54, 1.807) is 36.4 Å². The van der Waals surface area contributed by atoms with Crippen molar-refractivity contribution in [2.45, 2.75) is 13.3 Å². The van der Waals surface area contributed by atoms with Crippen LogP contribution in [0.4, 0.5) is 5.69 Å². The first kappa shape index (κ1) is 20.0. The minimum atomic E-state index is -0.552. The number of carbonyl (C=O) groups excluding carboxylic acids is 3. The van der Waals surface area contributed by atoms with E-state index in [2.05, 4.69) is 5.32 Å². The van der Waals surface area contributed by atoms with E-state index in [4.69, 9.17) is 4.74 Å². The molecule has 0 bridgehead atoms. The summed E-state index contributed by atoms with van der Waals surface area (Å²) in [6.07, 6.45) is 0.593. The summed E-state index contributed by atoms with van der Waals surface area (Å²) in [5, 5.41) is 2.63. The normalized spacial score (nSPS) is 10.2. The number of ketones is 1. The molecule has 0 aromatic heterocycles. The first-order valence-electron chi connectivity index (χ1n) is 9.23. The van der Waals surface area contributed by atoms with Crippen LogP contribution in [0.1, 0.15) is 38.8 Å². The van der Waals surface area contributed by atoms with Crippen LogP contribution in [0.2, 0.25) is 0 Å². The van der Waals surface area contributed by atoms with Crippen molar-refractivity contribution in [3.05, 3.63) is 101 Å². The molecule has 1 amide bonds. The lowest BCUT2D eigenvalue weighted by atomic mass is 10.00. The summed E-state index contributed by atoms with van der Waals surface area (Å²) in [4.78, 5) is 36.1. The highest BCUT2D eigenvalue weighted by Gasteiger charge is 2.15. The van der Waals surface area contributed by atoms with Gasteiger partial charge in [-0.1, -0.05) is 60.7 Å². The molecule has 0 aliphatic heterocycles. The van der Waals surface area contributed by atoms with Crippen molar-refractivity contribution in [1.82, 2.24) is 0 Å². The van der Waals surface area contributed by atoms with Crippen LogP contribution in [0.3, 0.4) is 0 Å². The highest BCUT2D eigenvalue weighted by atomic mass is 16.5. The molecule has 146 valence electrons. The molecule has 0 fully saturated rings. The van der Waals surface area contributed by atoms with Gasteiger partial charge in [0.2, 0.25) is 0 Å². The largest absolute Gasteiger partial charge is 0.452 e. The molecule has 0 heterocycles. The average Bonchev–Trinajstić information content (AvgIpc) is 2.73. The third kappa shape index (κ3) is 5.62. The Hall–Kier alpha value is -3.73. The van der Waals surface area contributed by atoms with Crippen LogP contribution in [0.15, 0.2) is 78.9 Å². The summed E-state index contributed by atoms with van der Waals surface area (Å²) >= 11 is 0. The van der Waals surface area contributed by atoms with E-state index < -0.39 is 18.5 Å². The van der Waals surface area contributed by atoms with Crippen LogP contribution in [0, 0.1) is 0 Å². The van der Waals surface area contributed by atoms with Gasteiger partial charge in [-0.25, -0.2) is 4.79 Å². The van der Waals surface area contributed by atoms with E-state index in [9.17, 15) is 14.4 Å². The number of Topliss-reactive ketones (excluding diaryl/α,β-unsaturated/α-hetero) is 1. The predicted molar refractivity (Wildman–Crippen MR) is 111 cm³/mol. The van der Waals surface area contributed by atoms with Gasteiger partial charge in [0, 0.05) is 11.3 Å². The van der Waals surface area contributed by atoms with Crippen molar-refractivity contribution in [3.8, 4) is 0 Å². The second-order valence-corrected chi connectivity index (χ2v) is 6.58. The Morgan fingerprint density at radius 3 is 2.34 bits per heavy atom. The van der Waals surface area contributed by atoms with Crippen LogP contribution >= 0.6 is 0 Å². The fraction of sp³-hybridized carbons (Fsp3) is 0.125. The van der Waals surface area contributed by atoms with Crippen molar-refractivity contribution < 1.29 is 19.1 Å². The number of esters is 1. The van der Waals surface area contributed by atoms with Crippen molar-refractivity contribution in [2.24, 2.45) is 0 Å². The van der Waals surface area contributed by atoms with Gasteiger partial charge in [-0.15, -0.1) is 0 Å². The number of nitrogens with one attached hydrogen (secondary N) is 1. The minimum Gasteiger partial charge on any atom is -0.452 e. The molecule has 0 unspecified atom stereocenters. The maximum absolute atomic E-state index is 12.5. The molecule has 3 rings (SSSR count). The molecule has 0 aliphatic carbocycles. The molecule has 5 nitrogen and oxygen atoms in total. The highest BCUT2D eigenvalue weighted by Crippen LogP contribution is 2.16. The topological polar surface area (TPSA) is 72.5 Å². The van der Waals surface area contributed by atoms with Gasteiger partial charge in [-0.3, -0.25) is 9.59 Å². The Bertz CT molecular complexity index is 1030. The zero-order chi connectivity index (χ0) is 20.6. The maximum atomic E-state index is 12.5. The van der Waals surface area contributed by atoms with Crippen molar-refractivity contribution in [1.29, 1.82) is 0 Å². The summed E-state index contributed by atoms with van der Waals surface area (Å²) in [5.41, 5.74) is 3.31. The molecule has 0 aliphatic rings. The van der Waals surface area contributed by atoms with Gasteiger partial charge < -0.3 is 10.1 Å². The van der Waals surface area contributed by atoms with Gasteiger partial charge in [0.25, 0.3) is 5.91 Å². The predicted octanol–water partition coefficient (Wildman–Crippen LogP) is 4.28. The Labute approximate surface area is 169 Å². The molecular weight excluding hydrogens is 366 g/mol. The van der Waals surface area contributed by atoms with E-state index in [-0.39, 0.29) is 5.78 Å². The molecule has 1 N–H and O–H groups in total. The van der Waals surface area contributed by atoms with Crippen molar-refractivity contribution in [3.63, 3.8) is 0 Å². The molecule has 0 radical (unpaired) electrons. The van der Waals surface area contributed by atoms with Crippen LogP contribution in [0.25, 0.3) is 0 Å². The zero-order valence-corrected chi connectivity index (χ0v) is 16.1. The minimum absolute atomic E-state index is 0.0949. The third-order valence-electron chi connectivity index (χ3n) is 4.36. The molecule has 0 saturated heterocycles.